The van der Waals surface area contributed by atoms with Crippen molar-refractivity contribution in [3.8, 4) is 0 Å². The second-order valence-electron chi connectivity index (χ2n) is 3.25. The fraction of sp³-hybridized carbons (Fsp3) is 0.300. The number of benzene rings is 1. The molecule has 14 heavy (non-hydrogen) atoms. The van der Waals surface area contributed by atoms with Crippen LogP contribution in [0.25, 0.3) is 0 Å². The van der Waals surface area contributed by atoms with Crippen molar-refractivity contribution in [1.82, 2.24) is 0 Å². The van der Waals surface area contributed by atoms with Crippen LogP contribution >= 0.6 is 0 Å². The first-order valence-corrected chi connectivity index (χ1v) is 4.57. The van der Waals surface area contributed by atoms with Gasteiger partial charge in [-0.2, -0.15) is 0 Å². The third kappa shape index (κ3) is 1.70. The number of carbonyl (C=O) groups is 1. The lowest BCUT2D eigenvalue weighted by molar-refractivity contribution is -0.115. The van der Waals surface area contributed by atoms with Crippen molar-refractivity contribution in [2.75, 3.05) is 23.8 Å². The molecule has 74 valence electrons. The molecule has 1 aromatic rings. The van der Waals surface area contributed by atoms with Crippen molar-refractivity contribution in [2.24, 2.45) is 0 Å². The highest BCUT2D eigenvalue weighted by Crippen LogP contribution is 2.25. The van der Waals surface area contributed by atoms with Gasteiger partial charge in [-0.05, 0) is 23.8 Å². The van der Waals surface area contributed by atoms with Crippen LogP contribution in [0.1, 0.15) is 5.56 Å². The van der Waals surface area contributed by atoms with Crippen molar-refractivity contribution < 1.29 is 9.90 Å². The number of aliphatic hydroxyl groups is 1. The van der Waals surface area contributed by atoms with Crippen LogP contribution in [0, 0.1) is 0 Å². The maximum atomic E-state index is 11.1. The summed E-state index contributed by atoms with van der Waals surface area (Å²) < 4.78 is 0. The van der Waals surface area contributed by atoms with E-state index in [2.05, 4.69) is 10.6 Å². The van der Waals surface area contributed by atoms with Crippen LogP contribution < -0.4 is 10.6 Å². The van der Waals surface area contributed by atoms with Gasteiger partial charge in [-0.3, -0.25) is 4.79 Å². The molecule has 0 unspecified atom stereocenters. The van der Waals surface area contributed by atoms with Gasteiger partial charge in [0.2, 0.25) is 5.91 Å². The number of nitrogens with one attached hydrogen (secondary N) is 2. The number of rotatable bonds is 3. The molecule has 1 aliphatic rings. The first-order valence-electron chi connectivity index (χ1n) is 4.57. The third-order valence-electron chi connectivity index (χ3n) is 2.17. The molecular formula is C10H12N2O2. The maximum absolute atomic E-state index is 11.1. The van der Waals surface area contributed by atoms with Gasteiger partial charge in [0.05, 0.1) is 13.0 Å². The van der Waals surface area contributed by atoms with E-state index in [0.29, 0.717) is 13.0 Å². The predicted molar refractivity (Wildman–Crippen MR) is 54.4 cm³/mol. The zero-order valence-corrected chi connectivity index (χ0v) is 7.71. The number of carbonyl (C=O) groups excluding carboxylic acids is 1. The summed E-state index contributed by atoms with van der Waals surface area (Å²) in [4.78, 5) is 11.1. The Balaban J connectivity index is 2.16. The Labute approximate surface area is 81.9 Å². The van der Waals surface area contributed by atoms with E-state index in [1.165, 1.54) is 0 Å². The van der Waals surface area contributed by atoms with Crippen molar-refractivity contribution in [1.29, 1.82) is 0 Å². The Morgan fingerprint density at radius 3 is 3.14 bits per heavy atom. The summed E-state index contributed by atoms with van der Waals surface area (Å²) in [7, 11) is 0. The molecule has 0 saturated heterocycles. The van der Waals surface area contributed by atoms with E-state index in [1.807, 2.05) is 18.2 Å². The van der Waals surface area contributed by atoms with E-state index in [4.69, 9.17) is 5.11 Å². The van der Waals surface area contributed by atoms with Gasteiger partial charge in [0.25, 0.3) is 0 Å². The van der Waals surface area contributed by atoms with Gasteiger partial charge in [-0.15, -0.1) is 0 Å². The lowest BCUT2D eigenvalue weighted by Gasteiger charge is -2.05. The van der Waals surface area contributed by atoms with Crippen molar-refractivity contribution in [2.45, 2.75) is 6.42 Å². The molecule has 4 nitrogen and oxygen atoms in total. The molecular weight excluding hydrogens is 180 g/mol. The number of hydrogen-bond acceptors (Lipinski definition) is 3. The summed E-state index contributed by atoms with van der Waals surface area (Å²) in [6.45, 7) is 0.633. The average Bonchev–Trinajstić information content (AvgIpc) is 2.54. The van der Waals surface area contributed by atoms with E-state index in [1.54, 1.807) is 0 Å². The summed E-state index contributed by atoms with van der Waals surface area (Å²) in [5.74, 6) is 0.0410. The summed E-state index contributed by atoms with van der Waals surface area (Å²) in [6.07, 6.45) is 0.448. The van der Waals surface area contributed by atoms with E-state index < -0.39 is 0 Å². The minimum absolute atomic E-state index is 0.0410. The highest BCUT2D eigenvalue weighted by molar-refractivity contribution is 5.99. The topological polar surface area (TPSA) is 61.4 Å². The van der Waals surface area contributed by atoms with Crippen LogP contribution in [-0.4, -0.2) is 24.2 Å². The largest absolute Gasteiger partial charge is 0.395 e. The average molecular weight is 192 g/mol. The van der Waals surface area contributed by atoms with Crippen molar-refractivity contribution in [3.05, 3.63) is 23.8 Å². The Morgan fingerprint density at radius 2 is 2.36 bits per heavy atom. The number of anilines is 2. The van der Waals surface area contributed by atoms with Gasteiger partial charge in [-0.1, -0.05) is 0 Å². The minimum Gasteiger partial charge on any atom is -0.395 e. The molecule has 0 atom stereocenters. The highest BCUT2D eigenvalue weighted by Gasteiger charge is 2.16. The van der Waals surface area contributed by atoms with Gasteiger partial charge < -0.3 is 15.7 Å². The van der Waals surface area contributed by atoms with Gasteiger partial charge in [0, 0.05) is 17.9 Å². The molecule has 1 heterocycles. The van der Waals surface area contributed by atoms with Gasteiger partial charge in [0.1, 0.15) is 0 Å². The van der Waals surface area contributed by atoms with Crippen molar-refractivity contribution >= 4 is 17.3 Å². The van der Waals surface area contributed by atoms with Gasteiger partial charge in [-0.25, -0.2) is 0 Å². The number of hydrogen-bond donors (Lipinski definition) is 3. The normalized spacial score (nSPS) is 13.6. The van der Waals surface area contributed by atoms with Gasteiger partial charge >= 0.3 is 0 Å². The molecule has 0 aromatic heterocycles. The second-order valence-corrected chi connectivity index (χ2v) is 3.25. The molecule has 0 aliphatic carbocycles. The molecule has 4 heteroatoms. The molecule has 0 bridgehead atoms. The zero-order valence-electron chi connectivity index (χ0n) is 7.71. The van der Waals surface area contributed by atoms with Crippen LogP contribution in [0.15, 0.2) is 18.2 Å². The zero-order chi connectivity index (χ0) is 9.97. The summed E-state index contributed by atoms with van der Waals surface area (Å²) in [6, 6.07) is 5.70. The minimum atomic E-state index is 0.0410. The smallest absolute Gasteiger partial charge is 0.228 e. The lowest BCUT2D eigenvalue weighted by atomic mass is 10.1. The summed E-state index contributed by atoms with van der Waals surface area (Å²) >= 11 is 0. The van der Waals surface area contributed by atoms with Crippen LogP contribution in [-0.2, 0) is 11.2 Å². The van der Waals surface area contributed by atoms with Gasteiger partial charge in [0.15, 0.2) is 0 Å². The second kappa shape index (κ2) is 3.67. The molecule has 2 rings (SSSR count). The lowest BCUT2D eigenvalue weighted by Crippen LogP contribution is -2.05. The third-order valence-corrected chi connectivity index (χ3v) is 2.17. The van der Waals surface area contributed by atoms with Crippen molar-refractivity contribution in [3.63, 3.8) is 0 Å². The highest BCUT2D eigenvalue weighted by atomic mass is 16.3. The van der Waals surface area contributed by atoms with E-state index in [0.717, 1.165) is 16.9 Å². The van der Waals surface area contributed by atoms with E-state index >= 15 is 0 Å². The standard InChI is InChI=1S/C10H12N2O2/c13-4-3-11-8-1-2-9-7(5-8)6-10(14)12-9/h1-2,5,11,13H,3-4,6H2,(H,12,14). The Kier molecular flexibility index (Phi) is 2.37. The monoisotopic (exact) mass is 192 g/mol. The van der Waals surface area contributed by atoms with Crippen LogP contribution in [0.4, 0.5) is 11.4 Å². The Hall–Kier alpha value is -1.55. The number of amides is 1. The first-order chi connectivity index (χ1) is 6.79. The molecule has 1 aromatic carbocycles. The first kappa shape index (κ1) is 9.02. The molecule has 0 spiro atoms. The molecule has 3 N–H and O–H groups in total. The summed E-state index contributed by atoms with van der Waals surface area (Å²) in [5, 5.41) is 14.4. The number of fused-ring (bicyclic) bond motifs is 1. The van der Waals surface area contributed by atoms with Crippen LogP contribution in [0.2, 0.25) is 0 Å². The molecule has 1 aliphatic heterocycles. The van der Waals surface area contributed by atoms with E-state index in [-0.39, 0.29) is 12.5 Å². The van der Waals surface area contributed by atoms with Crippen LogP contribution in [0.3, 0.4) is 0 Å². The van der Waals surface area contributed by atoms with E-state index in [9.17, 15) is 4.79 Å². The Morgan fingerprint density at radius 1 is 1.50 bits per heavy atom. The quantitative estimate of drug-likeness (QED) is 0.656. The molecule has 1 amide bonds. The van der Waals surface area contributed by atoms with Crippen LogP contribution in [0.5, 0.6) is 0 Å². The number of aliphatic hydroxyl groups excluding tert-OH is 1. The predicted octanol–water partition coefficient (Wildman–Crippen LogP) is 0.585. The SMILES string of the molecule is O=C1Cc2cc(NCCO)ccc2N1. The Bertz CT molecular complexity index is 363. The molecule has 0 radical (unpaired) electrons. The maximum Gasteiger partial charge on any atom is 0.228 e. The molecule has 0 fully saturated rings. The summed E-state index contributed by atoms with van der Waals surface area (Å²) in [5.41, 5.74) is 2.84. The molecule has 0 saturated carbocycles. The fourth-order valence-corrected chi connectivity index (χ4v) is 1.54. The fourth-order valence-electron chi connectivity index (χ4n) is 1.54.